The molecule has 1 aromatic carbocycles. The van der Waals surface area contributed by atoms with Crippen LogP contribution in [0.5, 0.6) is 0 Å². The van der Waals surface area contributed by atoms with Gasteiger partial charge in [-0.15, -0.1) is 18.9 Å². The summed E-state index contributed by atoms with van der Waals surface area (Å²) in [6.07, 6.45) is 9.97. The van der Waals surface area contributed by atoms with Crippen LogP contribution in [-0.4, -0.2) is 70.4 Å². The summed E-state index contributed by atoms with van der Waals surface area (Å²) in [7, 11) is 0. The largest absolute Gasteiger partial charge is 0.390 e. The number of aliphatic hydroxyl groups excluding tert-OH is 2. The van der Waals surface area contributed by atoms with E-state index in [1.165, 1.54) is 24.4 Å². The Kier molecular flexibility index (Phi) is 18.7. The van der Waals surface area contributed by atoms with Crippen LogP contribution in [0, 0.1) is 23.7 Å². The van der Waals surface area contributed by atoms with E-state index in [0.29, 0.717) is 32.4 Å². The van der Waals surface area contributed by atoms with E-state index in [1.807, 2.05) is 27.7 Å². The molecule has 0 saturated carbocycles. The fraction of sp³-hybridized carbons (Fsp3) is 0.548. The third-order valence-electron chi connectivity index (χ3n) is 6.18. The molecule has 9 nitrogen and oxygen atoms in total. The van der Waals surface area contributed by atoms with Gasteiger partial charge >= 0.3 is 0 Å². The number of rotatable bonds is 17. The lowest BCUT2D eigenvalue weighted by molar-refractivity contribution is -0.0112. The van der Waals surface area contributed by atoms with Crippen molar-refractivity contribution in [2.24, 2.45) is 11.7 Å². The Balaban J connectivity index is 0.00000354. The number of allylic oxidation sites excluding steroid dienone is 1. The highest BCUT2D eigenvalue weighted by molar-refractivity contribution is 6.04. The predicted octanol–water partition coefficient (Wildman–Crippen LogP) is 3.93. The first kappa shape index (κ1) is 36.5. The maximum Gasteiger partial charge on any atom is 0.253 e. The first-order valence-electron chi connectivity index (χ1n) is 14.0. The standard InChI is InChI=1S/C28H41N3O5.C3H7N/c1-6-10-11-12-24(32)25(33)23(15-19(5)9-4)30-27(35)21-16-20(26(29)34)17-22(18-21)28(36)31(13-7-2)14-8-3;1-2-3-4/h1,9,16-19,23-25,32-33H,4,7-8,10-15H2,2-3,5H3,(H2,29,34)(H,30,35);3-4H,2H2,1H3. The summed E-state index contributed by atoms with van der Waals surface area (Å²) in [6.45, 7) is 12.6. The van der Waals surface area contributed by atoms with Crippen LogP contribution in [0.1, 0.15) is 104 Å². The molecule has 0 heterocycles. The highest BCUT2D eigenvalue weighted by Crippen LogP contribution is 2.18. The molecule has 0 aliphatic rings. The van der Waals surface area contributed by atoms with Gasteiger partial charge in [-0.25, -0.2) is 0 Å². The van der Waals surface area contributed by atoms with Gasteiger partial charge in [-0.05, 0) is 68.9 Å². The van der Waals surface area contributed by atoms with E-state index < -0.39 is 30.1 Å². The predicted molar refractivity (Wildman–Crippen MR) is 160 cm³/mol. The van der Waals surface area contributed by atoms with E-state index in [4.69, 9.17) is 17.6 Å². The molecular formula is C31H48N4O5. The van der Waals surface area contributed by atoms with Gasteiger partial charge in [0.05, 0.1) is 12.1 Å². The van der Waals surface area contributed by atoms with Crippen molar-refractivity contribution in [3.8, 4) is 12.3 Å². The Morgan fingerprint density at radius 3 is 2.15 bits per heavy atom. The number of nitrogens with one attached hydrogen (secondary N) is 2. The SMILES string of the molecule is C#CCCCC(O)C(O)C(CC(C)C=C)NC(=O)c1cc(C(N)=O)cc(C(=O)N(CCC)CCC)c1.CCC=N. The Morgan fingerprint density at radius 2 is 1.68 bits per heavy atom. The number of primary amides is 1. The number of hydrogen-bond acceptors (Lipinski definition) is 6. The van der Waals surface area contributed by atoms with Gasteiger partial charge in [0.15, 0.2) is 0 Å². The van der Waals surface area contributed by atoms with Crippen LogP contribution in [0.15, 0.2) is 30.9 Å². The number of nitrogens with two attached hydrogens (primary N) is 1. The highest BCUT2D eigenvalue weighted by atomic mass is 16.3. The number of amides is 3. The van der Waals surface area contributed by atoms with Crippen molar-refractivity contribution in [3.05, 3.63) is 47.5 Å². The second-order valence-electron chi connectivity index (χ2n) is 9.75. The number of aliphatic hydroxyl groups is 2. The summed E-state index contributed by atoms with van der Waals surface area (Å²) in [5, 5.41) is 30.4. The summed E-state index contributed by atoms with van der Waals surface area (Å²) in [5.74, 6) is 0.775. The van der Waals surface area contributed by atoms with Gasteiger partial charge < -0.3 is 31.6 Å². The van der Waals surface area contributed by atoms with Gasteiger partial charge in [0.1, 0.15) is 6.10 Å². The van der Waals surface area contributed by atoms with Crippen LogP contribution in [0.2, 0.25) is 0 Å². The van der Waals surface area contributed by atoms with Crippen molar-refractivity contribution in [2.75, 3.05) is 13.1 Å². The van der Waals surface area contributed by atoms with E-state index >= 15 is 0 Å². The molecule has 4 atom stereocenters. The van der Waals surface area contributed by atoms with Crippen molar-refractivity contribution in [3.63, 3.8) is 0 Å². The second-order valence-corrected chi connectivity index (χ2v) is 9.75. The maximum absolute atomic E-state index is 13.3. The van der Waals surface area contributed by atoms with Crippen molar-refractivity contribution in [1.82, 2.24) is 10.2 Å². The van der Waals surface area contributed by atoms with Crippen LogP contribution >= 0.6 is 0 Å². The van der Waals surface area contributed by atoms with Crippen LogP contribution in [0.25, 0.3) is 0 Å². The molecule has 0 fully saturated rings. The number of carbonyl (C=O) groups is 3. The van der Waals surface area contributed by atoms with E-state index in [2.05, 4.69) is 17.8 Å². The molecule has 9 heteroatoms. The number of benzene rings is 1. The quantitative estimate of drug-likeness (QED) is 0.0850. The van der Waals surface area contributed by atoms with Crippen molar-refractivity contribution in [2.45, 2.75) is 90.9 Å². The average Bonchev–Trinajstić information content (AvgIpc) is 2.95. The minimum Gasteiger partial charge on any atom is -0.390 e. The molecule has 1 aromatic rings. The molecule has 0 bridgehead atoms. The van der Waals surface area contributed by atoms with Crippen molar-refractivity contribution in [1.29, 1.82) is 5.41 Å². The summed E-state index contributed by atoms with van der Waals surface area (Å²) < 4.78 is 0. The normalized spacial score (nSPS) is 13.3. The molecule has 6 N–H and O–H groups in total. The van der Waals surface area contributed by atoms with Crippen molar-refractivity contribution < 1.29 is 24.6 Å². The lowest BCUT2D eigenvalue weighted by Gasteiger charge is -2.29. The molecule has 0 radical (unpaired) electrons. The summed E-state index contributed by atoms with van der Waals surface area (Å²) in [4.78, 5) is 40.0. The minimum atomic E-state index is -1.25. The molecule has 1 rings (SSSR count). The third-order valence-corrected chi connectivity index (χ3v) is 6.18. The van der Waals surface area contributed by atoms with Crippen LogP contribution in [-0.2, 0) is 0 Å². The molecule has 3 amide bonds. The maximum atomic E-state index is 13.3. The fourth-order valence-corrected chi connectivity index (χ4v) is 3.95. The summed E-state index contributed by atoms with van der Waals surface area (Å²) >= 11 is 0. The monoisotopic (exact) mass is 556 g/mol. The summed E-state index contributed by atoms with van der Waals surface area (Å²) in [5.41, 5.74) is 5.76. The number of hydrogen-bond donors (Lipinski definition) is 5. The molecular weight excluding hydrogens is 508 g/mol. The molecule has 0 aliphatic heterocycles. The van der Waals surface area contributed by atoms with Gasteiger partial charge in [-0.1, -0.05) is 33.8 Å². The molecule has 4 unspecified atom stereocenters. The van der Waals surface area contributed by atoms with Gasteiger partial charge in [-0.2, -0.15) is 0 Å². The van der Waals surface area contributed by atoms with E-state index in [9.17, 15) is 24.6 Å². The Bertz CT molecular complexity index is 998. The lowest BCUT2D eigenvalue weighted by atomic mass is 9.92. The van der Waals surface area contributed by atoms with Gasteiger partial charge in [-0.3, -0.25) is 14.4 Å². The third kappa shape index (κ3) is 13.0. The van der Waals surface area contributed by atoms with Gasteiger partial charge in [0.2, 0.25) is 5.91 Å². The second kappa shape index (κ2) is 20.4. The number of unbranched alkanes of at least 4 members (excludes halogenated alkanes) is 1. The molecule has 0 saturated heterocycles. The van der Waals surface area contributed by atoms with Crippen molar-refractivity contribution >= 4 is 23.9 Å². The zero-order valence-electron chi connectivity index (χ0n) is 24.5. The zero-order valence-corrected chi connectivity index (χ0v) is 24.5. The zero-order chi connectivity index (χ0) is 30.7. The van der Waals surface area contributed by atoms with E-state index in [0.717, 1.165) is 19.3 Å². The topological polar surface area (TPSA) is 157 Å². The number of nitrogens with zero attached hydrogens (tertiary/aromatic N) is 1. The first-order chi connectivity index (χ1) is 19.0. The highest BCUT2D eigenvalue weighted by Gasteiger charge is 2.29. The molecule has 0 aromatic heterocycles. The van der Waals surface area contributed by atoms with Gasteiger partial charge in [0.25, 0.3) is 11.8 Å². The smallest absolute Gasteiger partial charge is 0.253 e. The Labute approximate surface area is 239 Å². The molecule has 0 aliphatic carbocycles. The lowest BCUT2D eigenvalue weighted by Crippen LogP contribution is -2.49. The minimum absolute atomic E-state index is 0.0322. The van der Waals surface area contributed by atoms with Crippen LogP contribution < -0.4 is 11.1 Å². The summed E-state index contributed by atoms with van der Waals surface area (Å²) in [6, 6.07) is 3.33. The Hall–Kier alpha value is -3.48. The Morgan fingerprint density at radius 1 is 1.12 bits per heavy atom. The number of terminal acetylenes is 1. The van der Waals surface area contributed by atoms with Crippen LogP contribution in [0.4, 0.5) is 0 Å². The molecule has 40 heavy (non-hydrogen) atoms. The van der Waals surface area contributed by atoms with Gasteiger partial charge in [0, 0.05) is 36.2 Å². The molecule has 0 spiro atoms. The van der Waals surface area contributed by atoms with E-state index in [1.54, 1.807) is 11.0 Å². The fourth-order valence-electron chi connectivity index (χ4n) is 3.95. The number of carbonyl (C=O) groups excluding carboxylic acids is 3. The van der Waals surface area contributed by atoms with Crippen LogP contribution in [0.3, 0.4) is 0 Å². The van der Waals surface area contributed by atoms with E-state index in [-0.39, 0.29) is 34.9 Å². The molecule has 222 valence electrons. The average molecular weight is 557 g/mol. The first-order valence-corrected chi connectivity index (χ1v) is 14.0.